The molecule has 1 aromatic rings. The molecule has 1 aromatic heterocycles. The van der Waals surface area contributed by atoms with Crippen LogP contribution in [0.2, 0.25) is 0 Å². The SMILES string of the molecule is CCc1nc(SC(C)C(=O)N2CCCC2)n[nH]1. The molecule has 1 fully saturated rings. The molecule has 0 bridgehead atoms. The second-order valence-electron chi connectivity index (χ2n) is 4.21. The number of aromatic amines is 1. The molecule has 94 valence electrons. The van der Waals surface area contributed by atoms with Crippen LogP contribution >= 0.6 is 11.8 Å². The van der Waals surface area contributed by atoms with Crippen LogP contribution < -0.4 is 0 Å². The Morgan fingerprint density at radius 3 is 2.82 bits per heavy atom. The lowest BCUT2D eigenvalue weighted by molar-refractivity contribution is -0.129. The van der Waals surface area contributed by atoms with Gasteiger partial charge in [-0.3, -0.25) is 9.89 Å². The third-order valence-corrected chi connectivity index (χ3v) is 3.84. The van der Waals surface area contributed by atoms with E-state index in [1.807, 2.05) is 18.7 Å². The lowest BCUT2D eigenvalue weighted by Gasteiger charge is -2.18. The smallest absolute Gasteiger partial charge is 0.235 e. The Morgan fingerprint density at radius 1 is 1.53 bits per heavy atom. The lowest BCUT2D eigenvalue weighted by Crippen LogP contribution is -2.34. The fourth-order valence-electron chi connectivity index (χ4n) is 1.89. The number of aryl methyl sites for hydroxylation is 1. The van der Waals surface area contributed by atoms with Crippen molar-refractivity contribution in [3.05, 3.63) is 5.82 Å². The molecule has 2 heterocycles. The molecule has 0 saturated carbocycles. The monoisotopic (exact) mass is 254 g/mol. The number of hydrogen-bond donors (Lipinski definition) is 1. The normalized spacial score (nSPS) is 17.4. The zero-order valence-electron chi connectivity index (χ0n) is 10.3. The van der Waals surface area contributed by atoms with E-state index >= 15 is 0 Å². The minimum absolute atomic E-state index is 0.103. The van der Waals surface area contributed by atoms with E-state index in [9.17, 15) is 4.79 Å². The average molecular weight is 254 g/mol. The summed E-state index contributed by atoms with van der Waals surface area (Å²) >= 11 is 1.43. The molecule has 0 aromatic carbocycles. The molecule has 5 nitrogen and oxygen atoms in total. The van der Waals surface area contributed by atoms with Crippen molar-refractivity contribution in [1.82, 2.24) is 20.1 Å². The van der Waals surface area contributed by atoms with E-state index in [1.165, 1.54) is 11.8 Å². The van der Waals surface area contributed by atoms with Gasteiger partial charge in [0.25, 0.3) is 0 Å². The van der Waals surface area contributed by atoms with Crippen molar-refractivity contribution in [2.24, 2.45) is 0 Å². The average Bonchev–Trinajstić information content (AvgIpc) is 2.98. The first kappa shape index (κ1) is 12.4. The van der Waals surface area contributed by atoms with Gasteiger partial charge in [-0.1, -0.05) is 18.7 Å². The molecular weight excluding hydrogens is 236 g/mol. The van der Waals surface area contributed by atoms with Crippen LogP contribution in [0.4, 0.5) is 0 Å². The molecule has 1 aliphatic rings. The summed E-state index contributed by atoms with van der Waals surface area (Å²) in [5.41, 5.74) is 0. The van der Waals surface area contributed by atoms with Gasteiger partial charge in [0.1, 0.15) is 5.82 Å². The van der Waals surface area contributed by atoms with Crippen molar-refractivity contribution in [1.29, 1.82) is 0 Å². The Hall–Kier alpha value is -1.04. The van der Waals surface area contributed by atoms with E-state index in [0.29, 0.717) is 5.16 Å². The van der Waals surface area contributed by atoms with Crippen molar-refractivity contribution in [3.63, 3.8) is 0 Å². The molecular formula is C11H18N4OS. The minimum Gasteiger partial charge on any atom is -0.342 e. The van der Waals surface area contributed by atoms with Gasteiger partial charge in [0.2, 0.25) is 11.1 Å². The van der Waals surface area contributed by atoms with Gasteiger partial charge in [-0.15, -0.1) is 5.10 Å². The van der Waals surface area contributed by atoms with E-state index in [0.717, 1.165) is 38.2 Å². The lowest BCUT2D eigenvalue weighted by atomic mass is 10.4. The van der Waals surface area contributed by atoms with Gasteiger partial charge in [-0.2, -0.15) is 0 Å². The first-order valence-electron chi connectivity index (χ1n) is 6.07. The number of nitrogens with one attached hydrogen (secondary N) is 1. The summed E-state index contributed by atoms with van der Waals surface area (Å²) in [5, 5.41) is 7.52. The maximum Gasteiger partial charge on any atom is 0.235 e. The molecule has 1 amide bonds. The predicted molar refractivity (Wildman–Crippen MR) is 66.9 cm³/mol. The zero-order valence-corrected chi connectivity index (χ0v) is 11.1. The molecule has 6 heteroatoms. The second kappa shape index (κ2) is 5.53. The third kappa shape index (κ3) is 3.00. The summed E-state index contributed by atoms with van der Waals surface area (Å²) in [6.07, 6.45) is 3.09. The number of likely N-dealkylation sites (tertiary alicyclic amines) is 1. The number of carbonyl (C=O) groups excluding carboxylic acids is 1. The van der Waals surface area contributed by atoms with Gasteiger partial charge < -0.3 is 4.90 Å². The fourth-order valence-corrected chi connectivity index (χ4v) is 2.72. The summed E-state index contributed by atoms with van der Waals surface area (Å²) in [5.74, 6) is 1.07. The second-order valence-corrected chi connectivity index (χ2v) is 5.52. The number of H-pyrrole nitrogens is 1. The van der Waals surface area contributed by atoms with Crippen LogP contribution in [0.15, 0.2) is 5.16 Å². The molecule has 1 N–H and O–H groups in total. The summed E-state index contributed by atoms with van der Waals surface area (Å²) in [7, 11) is 0. The van der Waals surface area contributed by atoms with Gasteiger partial charge in [-0.05, 0) is 19.8 Å². The Morgan fingerprint density at radius 2 is 2.24 bits per heavy atom. The van der Waals surface area contributed by atoms with Crippen molar-refractivity contribution in [2.75, 3.05) is 13.1 Å². The van der Waals surface area contributed by atoms with Gasteiger partial charge in [0.15, 0.2) is 0 Å². The first-order chi connectivity index (χ1) is 8.20. The van der Waals surface area contributed by atoms with Crippen LogP contribution in [0.1, 0.15) is 32.5 Å². The number of aromatic nitrogens is 3. The van der Waals surface area contributed by atoms with E-state index in [-0.39, 0.29) is 11.2 Å². The molecule has 0 aliphatic carbocycles. The first-order valence-corrected chi connectivity index (χ1v) is 6.95. The van der Waals surface area contributed by atoms with E-state index in [1.54, 1.807) is 0 Å². The molecule has 1 aliphatic heterocycles. The van der Waals surface area contributed by atoms with Crippen LogP contribution in [0, 0.1) is 0 Å². The number of rotatable bonds is 4. The highest BCUT2D eigenvalue weighted by molar-refractivity contribution is 8.00. The number of amides is 1. The van der Waals surface area contributed by atoms with Crippen LogP contribution in [-0.4, -0.2) is 44.3 Å². The Kier molecular flexibility index (Phi) is 4.04. The Labute approximate surface area is 105 Å². The van der Waals surface area contributed by atoms with Crippen molar-refractivity contribution < 1.29 is 4.79 Å². The fraction of sp³-hybridized carbons (Fsp3) is 0.727. The molecule has 0 radical (unpaired) electrons. The summed E-state index contributed by atoms with van der Waals surface area (Å²) in [6.45, 7) is 5.75. The zero-order chi connectivity index (χ0) is 12.3. The highest BCUT2D eigenvalue weighted by atomic mass is 32.2. The van der Waals surface area contributed by atoms with Gasteiger partial charge in [0, 0.05) is 19.5 Å². The Balaban J connectivity index is 1.91. The topological polar surface area (TPSA) is 61.9 Å². The number of hydrogen-bond acceptors (Lipinski definition) is 4. The highest BCUT2D eigenvalue weighted by Gasteiger charge is 2.24. The van der Waals surface area contributed by atoms with Crippen molar-refractivity contribution in [3.8, 4) is 0 Å². The number of thioether (sulfide) groups is 1. The van der Waals surface area contributed by atoms with Gasteiger partial charge in [-0.25, -0.2) is 4.98 Å². The van der Waals surface area contributed by atoms with Crippen LogP contribution in [0.25, 0.3) is 0 Å². The molecule has 17 heavy (non-hydrogen) atoms. The maximum atomic E-state index is 12.1. The van der Waals surface area contributed by atoms with Gasteiger partial charge in [0.05, 0.1) is 5.25 Å². The van der Waals surface area contributed by atoms with Gasteiger partial charge >= 0.3 is 0 Å². The number of nitrogens with zero attached hydrogens (tertiary/aromatic N) is 3. The highest BCUT2D eigenvalue weighted by Crippen LogP contribution is 2.22. The summed E-state index contributed by atoms with van der Waals surface area (Å²) in [6, 6.07) is 0. The quantitative estimate of drug-likeness (QED) is 0.827. The Bertz CT molecular complexity index is 387. The molecule has 1 atom stereocenters. The molecule has 1 unspecified atom stereocenters. The summed E-state index contributed by atoms with van der Waals surface area (Å²) in [4.78, 5) is 18.3. The minimum atomic E-state index is -0.103. The third-order valence-electron chi connectivity index (χ3n) is 2.89. The molecule has 0 spiro atoms. The van der Waals surface area contributed by atoms with Crippen molar-refractivity contribution in [2.45, 2.75) is 43.5 Å². The summed E-state index contributed by atoms with van der Waals surface area (Å²) < 4.78 is 0. The molecule has 1 saturated heterocycles. The predicted octanol–water partition coefficient (Wildman–Crippen LogP) is 1.47. The standard InChI is InChI=1S/C11H18N4OS/c1-3-9-12-11(14-13-9)17-8(2)10(16)15-6-4-5-7-15/h8H,3-7H2,1-2H3,(H,12,13,14). The van der Waals surface area contributed by atoms with Crippen molar-refractivity contribution >= 4 is 17.7 Å². The maximum absolute atomic E-state index is 12.1. The van der Waals surface area contributed by atoms with E-state index in [4.69, 9.17) is 0 Å². The largest absolute Gasteiger partial charge is 0.342 e. The van der Waals surface area contributed by atoms with E-state index in [2.05, 4.69) is 15.2 Å². The van der Waals surface area contributed by atoms with Crippen LogP contribution in [0.5, 0.6) is 0 Å². The molecule has 2 rings (SSSR count). The van der Waals surface area contributed by atoms with Crippen LogP contribution in [0.3, 0.4) is 0 Å². The van der Waals surface area contributed by atoms with E-state index < -0.39 is 0 Å². The van der Waals surface area contributed by atoms with Crippen LogP contribution in [-0.2, 0) is 11.2 Å². The number of carbonyl (C=O) groups is 1.